The molecule has 7 nitrogen and oxygen atoms in total. The second-order valence-corrected chi connectivity index (χ2v) is 10.7. The number of nitrogens with zero attached hydrogens (tertiary/aromatic N) is 2. The normalized spacial score (nSPS) is 20.3. The van der Waals surface area contributed by atoms with E-state index in [4.69, 9.17) is 14.2 Å². The molecule has 0 aromatic heterocycles. The fourth-order valence-corrected chi connectivity index (χ4v) is 3.90. The van der Waals surface area contributed by atoms with Gasteiger partial charge in [-0.25, -0.2) is 9.59 Å². The van der Waals surface area contributed by atoms with Crippen molar-refractivity contribution >= 4 is 12.1 Å². The third-order valence-corrected chi connectivity index (χ3v) is 5.38. The van der Waals surface area contributed by atoms with E-state index in [9.17, 15) is 14.9 Å². The first kappa shape index (κ1) is 26.2. The maximum Gasteiger partial charge on any atom is 0.411 e. The summed E-state index contributed by atoms with van der Waals surface area (Å²) in [5.74, 6) is -1.32. The molecule has 1 saturated heterocycles. The molecule has 1 aliphatic heterocycles. The minimum absolute atomic E-state index is 0.0208. The first-order valence-corrected chi connectivity index (χ1v) is 11.8. The lowest BCUT2D eigenvalue weighted by Crippen LogP contribution is -2.49. The van der Waals surface area contributed by atoms with Crippen LogP contribution >= 0.6 is 0 Å². The average Bonchev–Trinajstić information content (AvgIpc) is 3.15. The number of carbonyl (C=O) groups excluding carboxylic acids is 2. The fraction of sp³-hybridized carbons (Fsp3) is 0.464. The maximum absolute atomic E-state index is 13.2. The van der Waals surface area contributed by atoms with Crippen LogP contribution in [0.3, 0.4) is 0 Å². The van der Waals surface area contributed by atoms with Gasteiger partial charge in [0.2, 0.25) is 0 Å². The van der Waals surface area contributed by atoms with Crippen LogP contribution in [0.1, 0.15) is 47.1 Å². The Bertz CT molecular complexity index is 1060. The van der Waals surface area contributed by atoms with E-state index in [1.165, 1.54) is 4.90 Å². The van der Waals surface area contributed by atoms with Gasteiger partial charge in [0.05, 0.1) is 18.6 Å². The van der Waals surface area contributed by atoms with Crippen molar-refractivity contribution in [2.75, 3.05) is 6.54 Å². The quantitative estimate of drug-likeness (QED) is 0.539. The van der Waals surface area contributed by atoms with Crippen molar-refractivity contribution in [1.29, 1.82) is 5.26 Å². The van der Waals surface area contributed by atoms with Gasteiger partial charge in [-0.3, -0.25) is 4.90 Å². The van der Waals surface area contributed by atoms with Gasteiger partial charge in [0.1, 0.15) is 17.3 Å². The molecular weight excluding hydrogens is 444 g/mol. The summed E-state index contributed by atoms with van der Waals surface area (Å²) in [5.41, 5.74) is 1.56. The van der Waals surface area contributed by atoms with E-state index >= 15 is 0 Å². The number of rotatable bonds is 5. The molecule has 7 heteroatoms. The lowest BCUT2D eigenvalue weighted by Gasteiger charge is -2.31. The van der Waals surface area contributed by atoms with Crippen LogP contribution in [-0.4, -0.2) is 46.9 Å². The molecular formula is C28H34N2O5. The number of carbonyl (C=O) groups is 2. The Morgan fingerprint density at radius 3 is 2.03 bits per heavy atom. The molecule has 0 saturated carbocycles. The number of hydrogen-bond donors (Lipinski definition) is 0. The Kier molecular flexibility index (Phi) is 7.86. The first-order chi connectivity index (χ1) is 16.4. The van der Waals surface area contributed by atoms with E-state index in [2.05, 4.69) is 6.07 Å². The highest BCUT2D eigenvalue weighted by atomic mass is 16.6. The summed E-state index contributed by atoms with van der Waals surface area (Å²) in [6.07, 6.45) is -1.52. The Balaban J connectivity index is 1.80. The molecule has 0 N–H and O–H groups in total. The molecule has 1 heterocycles. The van der Waals surface area contributed by atoms with Gasteiger partial charge in [-0.15, -0.1) is 0 Å². The van der Waals surface area contributed by atoms with Crippen LogP contribution in [0.5, 0.6) is 0 Å². The van der Waals surface area contributed by atoms with E-state index in [0.717, 1.165) is 16.7 Å². The summed E-state index contributed by atoms with van der Waals surface area (Å²) < 4.78 is 17.2. The van der Waals surface area contributed by atoms with Crippen molar-refractivity contribution in [3.8, 4) is 17.2 Å². The van der Waals surface area contributed by atoms with E-state index in [1.54, 1.807) is 41.5 Å². The van der Waals surface area contributed by atoms with Crippen LogP contribution in [0.2, 0.25) is 0 Å². The predicted octanol–water partition coefficient (Wildman–Crippen LogP) is 5.34. The van der Waals surface area contributed by atoms with Gasteiger partial charge in [0.15, 0.2) is 6.04 Å². The minimum Gasteiger partial charge on any atom is -0.458 e. The SMILES string of the molecule is CC(C)(C)OC(=O)[C@@H]1[C@@H](OCc2ccc(-c3ccccc3)cc2)[C@H](C#N)CN1C(=O)OC(C)(C)C. The molecule has 1 amide bonds. The highest BCUT2D eigenvalue weighted by Crippen LogP contribution is 2.31. The van der Waals surface area contributed by atoms with Crippen LogP contribution in [0.25, 0.3) is 11.1 Å². The zero-order valence-electron chi connectivity index (χ0n) is 21.3. The maximum atomic E-state index is 13.2. The second kappa shape index (κ2) is 10.5. The van der Waals surface area contributed by atoms with Crippen LogP contribution in [0.4, 0.5) is 4.79 Å². The van der Waals surface area contributed by atoms with Crippen molar-refractivity contribution in [1.82, 2.24) is 4.90 Å². The van der Waals surface area contributed by atoms with Crippen LogP contribution < -0.4 is 0 Å². The second-order valence-electron chi connectivity index (χ2n) is 10.7. The topological polar surface area (TPSA) is 88.9 Å². The van der Waals surface area contributed by atoms with Gasteiger partial charge in [0, 0.05) is 6.54 Å². The fourth-order valence-electron chi connectivity index (χ4n) is 3.90. The third kappa shape index (κ3) is 7.06. The third-order valence-electron chi connectivity index (χ3n) is 5.38. The molecule has 186 valence electrons. The van der Waals surface area contributed by atoms with Crippen LogP contribution in [0, 0.1) is 17.2 Å². The molecule has 0 aliphatic carbocycles. The van der Waals surface area contributed by atoms with Crippen LogP contribution in [0.15, 0.2) is 54.6 Å². The highest BCUT2D eigenvalue weighted by molar-refractivity contribution is 5.83. The molecule has 0 bridgehead atoms. The Morgan fingerprint density at radius 2 is 1.49 bits per heavy atom. The largest absolute Gasteiger partial charge is 0.458 e. The molecule has 1 fully saturated rings. The Hall–Kier alpha value is -3.37. The summed E-state index contributed by atoms with van der Waals surface area (Å²) in [6, 6.07) is 19.0. The zero-order valence-corrected chi connectivity index (χ0v) is 21.3. The summed E-state index contributed by atoms with van der Waals surface area (Å²) in [5, 5.41) is 9.80. The van der Waals surface area contributed by atoms with Crippen molar-refractivity contribution < 1.29 is 23.8 Å². The number of ether oxygens (including phenoxy) is 3. The highest BCUT2D eigenvalue weighted by Gasteiger charge is 2.51. The van der Waals surface area contributed by atoms with Gasteiger partial charge in [-0.1, -0.05) is 54.6 Å². The van der Waals surface area contributed by atoms with Crippen molar-refractivity contribution in [2.45, 2.75) is 71.5 Å². The summed E-state index contributed by atoms with van der Waals surface area (Å²) in [6.45, 7) is 10.7. The number of hydrogen-bond acceptors (Lipinski definition) is 6. The minimum atomic E-state index is -1.09. The number of likely N-dealkylation sites (tertiary alicyclic amines) is 1. The van der Waals surface area contributed by atoms with Gasteiger partial charge in [0.25, 0.3) is 0 Å². The average molecular weight is 479 g/mol. The molecule has 3 rings (SSSR count). The molecule has 35 heavy (non-hydrogen) atoms. The standard InChI is InChI=1S/C28H34N2O5/c1-27(2,3)34-25(31)23-24(22(16-29)17-30(23)26(32)35-28(4,5)6)33-18-19-12-14-21(15-13-19)20-10-8-7-9-11-20/h7-15,22-24H,17-18H2,1-6H3/t22-,23+,24+/m1/s1. The van der Waals surface area contributed by atoms with Gasteiger partial charge < -0.3 is 14.2 Å². The number of benzene rings is 2. The molecule has 0 unspecified atom stereocenters. The molecule has 2 aromatic carbocycles. The lowest BCUT2D eigenvalue weighted by molar-refractivity contribution is -0.164. The summed E-state index contributed by atoms with van der Waals surface area (Å²) >= 11 is 0. The van der Waals surface area contributed by atoms with Gasteiger partial charge >= 0.3 is 12.1 Å². The van der Waals surface area contributed by atoms with E-state index < -0.39 is 41.3 Å². The van der Waals surface area contributed by atoms with Crippen LogP contribution in [-0.2, 0) is 25.6 Å². The van der Waals surface area contributed by atoms with Crippen molar-refractivity contribution in [3.05, 3.63) is 60.2 Å². The first-order valence-electron chi connectivity index (χ1n) is 11.8. The van der Waals surface area contributed by atoms with E-state index in [1.807, 2.05) is 54.6 Å². The lowest BCUT2D eigenvalue weighted by atomic mass is 10.0. The summed E-state index contributed by atoms with van der Waals surface area (Å²) in [4.78, 5) is 27.4. The molecule has 2 aromatic rings. The van der Waals surface area contributed by atoms with Crippen molar-refractivity contribution in [2.24, 2.45) is 5.92 Å². The van der Waals surface area contributed by atoms with E-state index in [-0.39, 0.29) is 13.2 Å². The Morgan fingerprint density at radius 1 is 0.914 bits per heavy atom. The summed E-state index contributed by atoms with van der Waals surface area (Å²) in [7, 11) is 0. The number of nitriles is 1. The van der Waals surface area contributed by atoms with E-state index in [0.29, 0.717) is 0 Å². The smallest absolute Gasteiger partial charge is 0.411 e. The Labute approximate surface area is 207 Å². The van der Waals surface area contributed by atoms with Gasteiger partial charge in [-0.2, -0.15) is 5.26 Å². The molecule has 1 aliphatic rings. The molecule has 0 spiro atoms. The molecule has 0 radical (unpaired) electrons. The zero-order chi connectivity index (χ0) is 25.8. The van der Waals surface area contributed by atoms with Gasteiger partial charge in [-0.05, 0) is 58.2 Å². The predicted molar refractivity (Wildman–Crippen MR) is 132 cm³/mol. The number of esters is 1. The number of amides is 1. The molecule has 3 atom stereocenters. The monoisotopic (exact) mass is 478 g/mol. The van der Waals surface area contributed by atoms with Crippen molar-refractivity contribution in [3.63, 3.8) is 0 Å².